The molecule has 2 heterocycles. The normalized spacial score (nSPS) is 15.7. The Morgan fingerprint density at radius 1 is 0.839 bits per heavy atom. The maximum atomic E-state index is 6.12. The summed E-state index contributed by atoms with van der Waals surface area (Å²) in [5.74, 6) is 0. The van der Waals surface area contributed by atoms with Gasteiger partial charge in [0.25, 0.3) is 0 Å². The van der Waals surface area contributed by atoms with Crippen LogP contribution in [0.25, 0.3) is 22.6 Å². The molecule has 0 aliphatic carbocycles. The van der Waals surface area contributed by atoms with Crippen LogP contribution in [0.2, 0.25) is 5.02 Å². The van der Waals surface area contributed by atoms with Crippen molar-refractivity contribution in [3.05, 3.63) is 113 Å². The molecule has 6 heteroatoms. The van der Waals surface area contributed by atoms with Crippen molar-refractivity contribution in [2.45, 2.75) is 6.04 Å². The predicted molar refractivity (Wildman–Crippen MR) is 130 cm³/mol. The van der Waals surface area contributed by atoms with E-state index >= 15 is 0 Å². The van der Waals surface area contributed by atoms with Crippen LogP contribution in [0.15, 0.2) is 97.2 Å². The van der Waals surface area contributed by atoms with E-state index in [1.54, 1.807) is 0 Å². The summed E-state index contributed by atoms with van der Waals surface area (Å²) in [7, 11) is 0. The van der Waals surface area contributed by atoms with Crippen LogP contribution in [0.4, 0.5) is 0 Å². The lowest BCUT2D eigenvalue weighted by Gasteiger charge is -2.26. The summed E-state index contributed by atoms with van der Waals surface area (Å²) in [6.07, 6.45) is 4.21. The van der Waals surface area contributed by atoms with Crippen LogP contribution in [0.5, 0.6) is 0 Å². The minimum Gasteiger partial charge on any atom is -0.352 e. The van der Waals surface area contributed by atoms with Gasteiger partial charge in [0.1, 0.15) is 0 Å². The Bertz CT molecular complexity index is 1250. The van der Waals surface area contributed by atoms with Crippen molar-refractivity contribution in [3.8, 4) is 16.9 Å². The van der Waals surface area contributed by atoms with E-state index in [2.05, 4.69) is 35.0 Å². The van der Waals surface area contributed by atoms with Crippen molar-refractivity contribution >= 4 is 34.6 Å². The first-order valence-corrected chi connectivity index (χ1v) is 10.7. The third kappa shape index (κ3) is 4.10. The largest absolute Gasteiger partial charge is 0.352 e. The molecule has 0 saturated carbocycles. The number of rotatable bonds is 4. The first-order valence-electron chi connectivity index (χ1n) is 9.93. The first kappa shape index (κ1) is 19.5. The van der Waals surface area contributed by atoms with Crippen molar-refractivity contribution < 1.29 is 0 Å². The van der Waals surface area contributed by atoms with Gasteiger partial charge in [-0.05, 0) is 48.1 Å². The number of hydrogen-bond acceptors (Lipinski definition) is 2. The highest BCUT2D eigenvalue weighted by molar-refractivity contribution is 7.80. The van der Waals surface area contributed by atoms with E-state index in [1.165, 1.54) is 0 Å². The maximum Gasteiger partial charge on any atom is 0.171 e. The summed E-state index contributed by atoms with van der Waals surface area (Å²) in [5, 5.41) is 12.9. The summed E-state index contributed by atoms with van der Waals surface area (Å²) < 4.78 is 1.90. The topological polar surface area (TPSA) is 41.9 Å². The first-order chi connectivity index (χ1) is 15.2. The Labute approximate surface area is 191 Å². The van der Waals surface area contributed by atoms with Gasteiger partial charge in [-0.15, -0.1) is 0 Å². The zero-order chi connectivity index (χ0) is 21.2. The van der Waals surface area contributed by atoms with Crippen molar-refractivity contribution in [3.63, 3.8) is 0 Å². The van der Waals surface area contributed by atoms with Gasteiger partial charge in [-0.3, -0.25) is 0 Å². The van der Waals surface area contributed by atoms with Crippen LogP contribution in [0.1, 0.15) is 17.2 Å². The molecule has 4 nitrogen and oxygen atoms in total. The molecule has 1 aliphatic rings. The molecule has 4 aromatic rings. The summed E-state index contributed by atoms with van der Waals surface area (Å²) in [5.41, 5.74) is 5.96. The van der Waals surface area contributed by atoms with Gasteiger partial charge < -0.3 is 10.6 Å². The molecule has 0 spiro atoms. The van der Waals surface area contributed by atoms with Gasteiger partial charge in [-0.1, -0.05) is 72.3 Å². The summed E-state index contributed by atoms with van der Waals surface area (Å²) in [4.78, 5) is 0. The standard InChI is InChI=1S/C25H19ClN4S/c26-19-13-11-18(12-14-19)24-21(16-30(29-24)20-9-5-2-6-10-20)23-15-22(27-25(31)28-23)17-7-3-1-4-8-17/h1-16,23H,(H2,27,28,31). The molecule has 0 bridgehead atoms. The molecule has 1 unspecified atom stereocenters. The minimum atomic E-state index is -0.132. The Hall–Kier alpha value is -3.41. The van der Waals surface area contributed by atoms with E-state index < -0.39 is 0 Å². The van der Waals surface area contributed by atoms with E-state index in [0.29, 0.717) is 10.1 Å². The molecule has 31 heavy (non-hydrogen) atoms. The lowest BCUT2D eigenvalue weighted by atomic mass is 9.99. The van der Waals surface area contributed by atoms with Gasteiger partial charge in [-0.25, -0.2) is 4.68 Å². The van der Waals surface area contributed by atoms with Crippen LogP contribution in [0.3, 0.4) is 0 Å². The predicted octanol–water partition coefficient (Wildman–Crippen LogP) is 5.75. The Morgan fingerprint density at radius 3 is 2.23 bits per heavy atom. The van der Waals surface area contributed by atoms with E-state index in [-0.39, 0.29) is 6.04 Å². The molecule has 5 rings (SSSR count). The second kappa shape index (κ2) is 8.38. The number of aromatic nitrogens is 2. The van der Waals surface area contributed by atoms with Gasteiger partial charge in [0.2, 0.25) is 0 Å². The van der Waals surface area contributed by atoms with E-state index in [4.69, 9.17) is 28.9 Å². The van der Waals surface area contributed by atoms with Gasteiger partial charge >= 0.3 is 0 Å². The van der Waals surface area contributed by atoms with Crippen molar-refractivity contribution in [2.75, 3.05) is 0 Å². The van der Waals surface area contributed by atoms with Gasteiger partial charge in [-0.2, -0.15) is 5.10 Å². The average Bonchev–Trinajstić information content (AvgIpc) is 3.26. The fourth-order valence-electron chi connectivity index (χ4n) is 3.66. The monoisotopic (exact) mass is 442 g/mol. The van der Waals surface area contributed by atoms with Crippen molar-refractivity contribution in [2.24, 2.45) is 0 Å². The zero-order valence-corrected chi connectivity index (χ0v) is 18.1. The molecule has 3 aromatic carbocycles. The van der Waals surface area contributed by atoms with E-state index in [9.17, 15) is 0 Å². The number of nitrogens with zero attached hydrogens (tertiary/aromatic N) is 2. The number of hydrogen-bond donors (Lipinski definition) is 2. The molecule has 1 aromatic heterocycles. The zero-order valence-electron chi connectivity index (χ0n) is 16.5. The summed E-state index contributed by atoms with van der Waals surface area (Å²) in [6.45, 7) is 0. The third-order valence-corrected chi connectivity index (χ3v) is 5.64. The van der Waals surface area contributed by atoms with Crippen molar-refractivity contribution in [1.29, 1.82) is 0 Å². The summed E-state index contributed by atoms with van der Waals surface area (Å²) in [6, 6.07) is 27.9. The number of halogens is 1. The van der Waals surface area contributed by atoms with Crippen LogP contribution >= 0.6 is 23.8 Å². The van der Waals surface area contributed by atoms with Crippen LogP contribution in [-0.4, -0.2) is 14.9 Å². The van der Waals surface area contributed by atoms with E-state index in [0.717, 1.165) is 33.8 Å². The minimum absolute atomic E-state index is 0.132. The van der Waals surface area contributed by atoms with Gasteiger partial charge in [0.15, 0.2) is 5.11 Å². The second-order valence-corrected chi connectivity index (χ2v) is 8.09. The van der Waals surface area contributed by atoms with E-state index in [1.807, 2.05) is 77.5 Å². The number of thiocarbonyl (C=S) groups is 1. The van der Waals surface area contributed by atoms with Crippen LogP contribution in [-0.2, 0) is 0 Å². The van der Waals surface area contributed by atoms with Gasteiger partial charge in [0.05, 0.1) is 17.4 Å². The molecule has 0 fully saturated rings. The lowest BCUT2D eigenvalue weighted by molar-refractivity contribution is 0.766. The highest BCUT2D eigenvalue weighted by atomic mass is 35.5. The highest BCUT2D eigenvalue weighted by Crippen LogP contribution is 2.32. The number of para-hydroxylation sites is 1. The Morgan fingerprint density at radius 2 is 1.52 bits per heavy atom. The third-order valence-electron chi connectivity index (χ3n) is 5.17. The van der Waals surface area contributed by atoms with Crippen molar-refractivity contribution in [1.82, 2.24) is 20.4 Å². The fourth-order valence-corrected chi connectivity index (χ4v) is 4.03. The summed E-state index contributed by atoms with van der Waals surface area (Å²) >= 11 is 11.7. The molecular weight excluding hydrogens is 424 g/mol. The van der Waals surface area contributed by atoms with Crippen LogP contribution in [0, 0.1) is 0 Å². The number of benzene rings is 3. The molecular formula is C25H19ClN4S. The smallest absolute Gasteiger partial charge is 0.171 e. The highest BCUT2D eigenvalue weighted by Gasteiger charge is 2.24. The molecule has 152 valence electrons. The fraction of sp³-hybridized carbons (Fsp3) is 0.0400. The lowest BCUT2D eigenvalue weighted by Crippen LogP contribution is -2.40. The molecule has 2 N–H and O–H groups in total. The maximum absolute atomic E-state index is 6.12. The SMILES string of the molecule is S=C1NC(c2ccccc2)=CC(c2cn(-c3ccccc3)nc2-c2ccc(Cl)cc2)N1. The molecule has 0 amide bonds. The van der Waals surface area contributed by atoms with Gasteiger partial charge in [0, 0.05) is 28.0 Å². The molecule has 0 radical (unpaired) electrons. The number of nitrogens with one attached hydrogen (secondary N) is 2. The quantitative estimate of drug-likeness (QED) is 0.395. The second-order valence-electron chi connectivity index (χ2n) is 7.24. The Kier molecular flexibility index (Phi) is 5.28. The van der Waals surface area contributed by atoms with Crippen LogP contribution < -0.4 is 10.6 Å². The molecule has 0 saturated heterocycles. The molecule has 1 atom stereocenters. The Balaban J connectivity index is 1.64. The molecule has 1 aliphatic heterocycles. The average molecular weight is 443 g/mol.